The van der Waals surface area contributed by atoms with Crippen LogP contribution >= 0.6 is 34.0 Å². The highest BCUT2D eigenvalue weighted by molar-refractivity contribution is 7.26. The summed E-state index contributed by atoms with van der Waals surface area (Å²) in [6.45, 7) is 0. The van der Waals surface area contributed by atoms with Crippen LogP contribution in [-0.2, 0) is 0 Å². The summed E-state index contributed by atoms with van der Waals surface area (Å²) < 4.78 is 6.16. The summed E-state index contributed by atoms with van der Waals surface area (Å²) in [7, 11) is 0. The first-order valence-corrected chi connectivity index (χ1v) is 17.7. The molecule has 0 amide bonds. The molecule has 0 aliphatic heterocycles. The molecule has 0 unspecified atom stereocenters. The number of benzene rings is 6. The highest BCUT2D eigenvalue weighted by atomic mass is 32.1. The number of thiazole rings is 1. The van der Waals surface area contributed by atoms with E-state index in [2.05, 4.69) is 109 Å². The molecule has 7 heteroatoms. The summed E-state index contributed by atoms with van der Waals surface area (Å²) in [6, 6.07) is 46.8. The monoisotopic (exact) mass is 654 g/mol. The fraction of sp³-hybridized carbons (Fsp3) is 0. The van der Waals surface area contributed by atoms with Crippen LogP contribution in [0.5, 0.6) is 0 Å². The van der Waals surface area contributed by atoms with Crippen LogP contribution in [0.25, 0.3) is 95.3 Å². The van der Waals surface area contributed by atoms with Crippen LogP contribution in [0.1, 0.15) is 0 Å². The number of hydrogen-bond acceptors (Lipinski definition) is 7. The van der Waals surface area contributed by atoms with Gasteiger partial charge in [0.1, 0.15) is 5.01 Å². The summed E-state index contributed by atoms with van der Waals surface area (Å²) >= 11 is 5.35. The van der Waals surface area contributed by atoms with E-state index >= 15 is 0 Å². The molecule has 6 aromatic carbocycles. The van der Waals surface area contributed by atoms with Crippen molar-refractivity contribution in [3.05, 3.63) is 133 Å². The van der Waals surface area contributed by atoms with E-state index in [0.29, 0.717) is 17.5 Å². The SMILES string of the molecule is c1ccc(-c2nc(-c3ccc4sc5ccccc5c4c3)nc(-c3cccc4sc5cc(-c6nc7ccccc7s6)ccc5c34)n2)cc1. The zero-order valence-electron chi connectivity index (χ0n) is 24.7. The lowest BCUT2D eigenvalue weighted by atomic mass is 10.0. The molecule has 4 heterocycles. The van der Waals surface area contributed by atoms with Crippen LogP contribution in [0.4, 0.5) is 0 Å². The predicted molar refractivity (Wildman–Crippen MR) is 201 cm³/mol. The zero-order valence-corrected chi connectivity index (χ0v) is 27.2. The first kappa shape index (κ1) is 26.8. The normalized spacial score (nSPS) is 11.8. The minimum atomic E-state index is 0.663. The van der Waals surface area contributed by atoms with Crippen molar-refractivity contribution in [2.24, 2.45) is 0 Å². The fourth-order valence-electron chi connectivity index (χ4n) is 6.35. The Morgan fingerprint density at radius 3 is 1.96 bits per heavy atom. The molecule has 4 aromatic heterocycles. The van der Waals surface area contributed by atoms with Crippen molar-refractivity contribution < 1.29 is 0 Å². The Morgan fingerprint density at radius 1 is 0.362 bits per heavy atom. The van der Waals surface area contributed by atoms with Crippen molar-refractivity contribution in [2.75, 3.05) is 0 Å². The topological polar surface area (TPSA) is 51.6 Å². The number of rotatable bonds is 4. The third kappa shape index (κ3) is 4.47. The van der Waals surface area contributed by atoms with E-state index in [-0.39, 0.29) is 0 Å². The molecule has 0 aliphatic carbocycles. The second-order valence-electron chi connectivity index (χ2n) is 11.5. The highest BCUT2D eigenvalue weighted by Crippen LogP contribution is 2.42. The summed E-state index contributed by atoms with van der Waals surface area (Å²) in [5, 5.41) is 5.88. The summed E-state index contributed by atoms with van der Waals surface area (Å²) in [5.41, 5.74) is 5.12. The van der Waals surface area contributed by atoms with Crippen LogP contribution in [-0.4, -0.2) is 19.9 Å². The number of aromatic nitrogens is 4. The third-order valence-electron chi connectivity index (χ3n) is 8.58. The fourth-order valence-corrected chi connectivity index (χ4v) is 9.57. The van der Waals surface area contributed by atoms with Gasteiger partial charge in [0.15, 0.2) is 17.5 Å². The van der Waals surface area contributed by atoms with Gasteiger partial charge in [-0.05, 0) is 48.5 Å². The molecule has 0 spiro atoms. The Kier molecular flexibility index (Phi) is 6.05. The lowest BCUT2D eigenvalue weighted by molar-refractivity contribution is 1.08. The average molecular weight is 655 g/mol. The quantitative estimate of drug-likeness (QED) is 0.189. The Balaban J connectivity index is 1.16. The van der Waals surface area contributed by atoms with Gasteiger partial charge in [0, 0.05) is 62.6 Å². The largest absolute Gasteiger partial charge is 0.236 e. The van der Waals surface area contributed by atoms with Gasteiger partial charge < -0.3 is 0 Å². The summed E-state index contributed by atoms with van der Waals surface area (Å²) in [4.78, 5) is 20.2. The minimum absolute atomic E-state index is 0.663. The van der Waals surface area contributed by atoms with Crippen molar-refractivity contribution in [2.45, 2.75) is 0 Å². The van der Waals surface area contributed by atoms with Gasteiger partial charge in [-0.15, -0.1) is 34.0 Å². The molecular weight excluding hydrogens is 633 g/mol. The maximum absolute atomic E-state index is 5.17. The van der Waals surface area contributed by atoms with Crippen molar-refractivity contribution in [1.82, 2.24) is 19.9 Å². The lowest BCUT2D eigenvalue weighted by Gasteiger charge is -2.10. The van der Waals surface area contributed by atoms with Crippen molar-refractivity contribution in [3.8, 4) is 44.7 Å². The predicted octanol–water partition coefficient (Wildman–Crippen LogP) is 11.9. The molecule has 0 atom stereocenters. The molecule has 10 aromatic rings. The first-order chi connectivity index (χ1) is 23.2. The number of nitrogens with zero attached hydrogens (tertiary/aromatic N) is 4. The van der Waals surface area contributed by atoms with Gasteiger partial charge in [0.2, 0.25) is 0 Å². The van der Waals surface area contributed by atoms with Crippen LogP contribution in [0.2, 0.25) is 0 Å². The van der Waals surface area contributed by atoms with Crippen molar-refractivity contribution in [3.63, 3.8) is 0 Å². The van der Waals surface area contributed by atoms with Gasteiger partial charge in [0.25, 0.3) is 0 Å². The smallest absolute Gasteiger partial charge is 0.164 e. The zero-order chi connectivity index (χ0) is 30.9. The molecule has 10 rings (SSSR count). The molecule has 0 saturated carbocycles. The second kappa shape index (κ2) is 10.6. The van der Waals surface area contributed by atoms with Crippen LogP contribution < -0.4 is 0 Å². The van der Waals surface area contributed by atoms with E-state index in [1.165, 1.54) is 45.0 Å². The molecule has 47 heavy (non-hydrogen) atoms. The van der Waals surface area contributed by atoms with Gasteiger partial charge >= 0.3 is 0 Å². The van der Waals surface area contributed by atoms with E-state index in [1.54, 1.807) is 22.7 Å². The number of thiophene rings is 2. The molecule has 0 bridgehead atoms. The Bertz CT molecular complexity index is 2780. The van der Waals surface area contributed by atoms with Crippen LogP contribution in [0.3, 0.4) is 0 Å². The molecule has 0 aliphatic rings. The van der Waals surface area contributed by atoms with Crippen molar-refractivity contribution >= 4 is 84.6 Å². The van der Waals surface area contributed by atoms with E-state index < -0.39 is 0 Å². The standard InChI is InChI=1S/C40H22N4S3/c1-2-9-23(10-3-1)37-42-38(24-18-20-32-29(21-24)26-11-4-6-14-31(26)45-32)44-39(43-37)28-12-8-16-34-36(28)27-19-17-25(22-35(27)46-34)40-41-30-13-5-7-15-33(30)47-40/h1-22H. The molecule has 0 fully saturated rings. The Labute approximate surface area is 281 Å². The summed E-state index contributed by atoms with van der Waals surface area (Å²) in [5.74, 6) is 2.00. The Hall–Kier alpha value is -5.34. The van der Waals surface area contributed by atoms with E-state index in [4.69, 9.17) is 19.9 Å². The van der Waals surface area contributed by atoms with Crippen molar-refractivity contribution in [1.29, 1.82) is 0 Å². The highest BCUT2D eigenvalue weighted by Gasteiger charge is 2.18. The summed E-state index contributed by atoms with van der Waals surface area (Å²) in [6.07, 6.45) is 0. The molecule has 4 nitrogen and oxygen atoms in total. The minimum Gasteiger partial charge on any atom is -0.236 e. The number of para-hydroxylation sites is 1. The Morgan fingerprint density at radius 2 is 1.06 bits per heavy atom. The van der Waals surface area contributed by atoms with Gasteiger partial charge in [-0.25, -0.2) is 19.9 Å². The second-order valence-corrected chi connectivity index (χ2v) is 14.7. The first-order valence-electron chi connectivity index (χ1n) is 15.3. The van der Waals surface area contributed by atoms with E-state index in [0.717, 1.165) is 32.8 Å². The lowest BCUT2D eigenvalue weighted by Crippen LogP contribution is -2.00. The molecule has 220 valence electrons. The van der Waals surface area contributed by atoms with Gasteiger partial charge in [-0.2, -0.15) is 0 Å². The molecule has 0 N–H and O–H groups in total. The molecule has 0 radical (unpaired) electrons. The van der Waals surface area contributed by atoms with E-state index in [9.17, 15) is 0 Å². The van der Waals surface area contributed by atoms with Gasteiger partial charge in [-0.1, -0.05) is 84.9 Å². The molecular formula is C40H22N4S3. The van der Waals surface area contributed by atoms with Crippen LogP contribution in [0.15, 0.2) is 133 Å². The van der Waals surface area contributed by atoms with E-state index in [1.807, 2.05) is 35.6 Å². The number of fused-ring (bicyclic) bond motifs is 7. The maximum Gasteiger partial charge on any atom is 0.164 e. The third-order valence-corrected chi connectivity index (χ3v) is 11.9. The average Bonchev–Trinajstić information content (AvgIpc) is 3.84. The maximum atomic E-state index is 5.17. The molecule has 0 saturated heterocycles. The number of hydrogen-bond donors (Lipinski definition) is 0. The van der Waals surface area contributed by atoms with Crippen LogP contribution in [0, 0.1) is 0 Å². The van der Waals surface area contributed by atoms with Gasteiger partial charge in [0.05, 0.1) is 10.2 Å². The van der Waals surface area contributed by atoms with Gasteiger partial charge in [-0.3, -0.25) is 0 Å².